The molecular weight excluding hydrogens is 150 g/mol. The van der Waals surface area contributed by atoms with Crippen molar-refractivity contribution >= 4 is 5.84 Å². The average Bonchev–Trinajstić information content (AvgIpc) is 1.93. The van der Waals surface area contributed by atoms with E-state index in [9.17, 15) is 0 Å². The number of azo groups is 1. The van der Waals surface area contributed by atoms with E-state index in [0.29, 0.717) is 0 Å². The van der Waals surface area contributed by atoms with Gasteiger partial charge in [-0.25, -0.2) is 0 Å². The molecule has 0 aromatic rings. The largest absolute Gasteiger partial charge is 0.267 e. The van der Waals surface area contributed by atoms with Gasteiger partial charge in [0.05, 0.1) is 6.54 Å². The first-order chi connectivity index (χ1) is 5.35. The summed E-state index contributed by atoms with van der Waals surface area (Å²) in [6, 6.07) is 0. The first kappa shape index (κ1) is 9.36. The zero-order chi connectivity index (χ0) is 9.41. The minimum Gasteiger partial charge on any atom is -0.267 e. The molecule has 0 spiro atoms. The smallest absolute Gasteiger partial charge is 0.142 e. The molecule has 0 N–H and O–H groups in total. The molecule has 0 radical (unpaired) electrons. The molecule has 1 atom stereocenters. The van der Waals surface area contributed by atoms with Crippen LogP contribution in [0.25, 0.3) is 0 Å². The molecule has 12 heavy (non-hydrogen) atoms. The van der Waals surface area contributed by atoms with Crippen molar-refractivity contribution in [3.05, 3.63) is 0 Å². The molecule has 1 heterocycles. The zero-order valence-corrected chi connectivity index (χ0v) is 8.55. The molecule has 0 aromatic carbocycles. The number of amidine groups is 1. The van der Waals surface area contributed by atoms with Gasteiger partial charge in [0.25, 0.3) is 0 Å². The Morgan fingerprint density at radius 2 is 1.92 bits per heavy atom. The van der Waals surface area contributed by atoms with Gasteiger partial charge in [0.2, 0.25) is 0 Å². The second kappa shape index (κ2) is 2.64. The van der Waals surface area contributed by atoms with Crippen LogP contribution in [0.5, 0.6) is 0 Å². The topological polar surface area (TPSA) is 37.1 Å². The van der Waals surface area contributed by atoms with Crippen molar-refractivity contribution in [2.75, 3.05) is 6.54 Å². The monoisotopic (exact) mass is 167 g/mol. The first-order valence-electron chi connectivity index (χ1n) is 4.29. The van der Waals surface area contributed by atoms with Crippen molar-refractivity contribution in [3.63, 3.8) is 0 Å². The minimum atomic E-state index is -0.132. The third-order valence-corrected chi connectivity index (χ3v) is 2.65. The second-order valence-electron chi connectivity index (χ2n) is 4.59. The first-order valence-corrected chi connectivity index (χ1v) is 4.29. The molecule has 3 heteroatoms. The van der Waals surface area contributed by atoms with Gasteiger partial charge in [-0.15, -0.1) is 5.11 Å². The van der Waals surface area contributed by atoms with E-state index in [1.54, 1.807) is 0 Å². The lowest BCUT2D eigenvalue weighted by Crippen LogP contribution is -2.42. The van der Waals surface area contributed by atoms with Crippen LogP contribution in [0.15, 0.2) is 15.2 Å². The second-order valence-corrected chi connectivity index (χ2v) is 4.59. The van der Waals surface area contributed by atoms with Gasteiger partial charge < -0.3 is 0 Å². The van der Waals surface area contributed by atoms with Crippen molar-refractivity contribution in [2.45, 2.75) is 40.2 Å². The number of hydrogen-bond acceptors (Lipinski definition) is 3. The van der Waals surface area contributed by atoms with Gasteiger partial charge in [0, 0.05) is 0 Å². The summed E-state index contributed by atoms with van der Waals surface area (Å²) in [5.41, 5.74) is -0.00674. The standard InChI is InChI=1S/C9H17N3/c1-7-10-6-9(5,12-11-7)8(2,3)4/h6H2,1-5H3. The van der Waals surface area contributed by atoms with Crippen molar-refractivity contribution in [2.24, 2.45) is 20.6 Å². The fourth-order valence-corrected chi connectivity index (χ4v) is 0.901. The molecule has 0 bridgehead atoms. The molecule has 0 aromatic heterocycles. The third-order valence-electron chi connectivity index (χ3n) is 2.65. The van der Waals surface area contributed by atoms with E-state index in [0.717, 1.165) is 12.4 Å². The van der Waals surface area contributed by atoms with Gasteiger partial charge in [-0.3, -0.25) is 4.99 Å². The lowest BCUT2D eigenvalue weighted by atomic mass is 9.75. The van der Waals surface area contributed by atoms with E-state index in [1.807, 2.05) is 6.92 Å². The fourth-order valence-electron chi connectivity index (χ4n) is 0.901. The van der Waals surface area contributed by atoms with Crippen LogP contribution in [0.4, 0.5) is 0 Å². The van der Waals surface area contributed by atoms with E-state index in [2.05, 4.69) is 42.9 Å². The van der Waals surface area contributed by atoms with Crippen LogP contribution in [-0.4, -0.2) is 17.9 Å². The molecule has 0 fully saturated rings. The third kappa shape index (κ3) is 1.54. The summed E-state index contributed by atoms with van der Waals surface area (Å²) in [6.45, 7) is 11.2. The Morgan fingerprint density at radius 1 is 1.33 bits per heavy atom. The Balaban J connectivity index is 2.86. The Bertz CT molecular complexity index is 235. The summed E-state index contributed by atoms with van der Waals surface area (Å²) in [4.78, 5) is 4.31. The molecule has 3 nitrogen and oxygen atoms in total. The molecule has 1 aliphatic heterocycles. The van der Waals surface area contributed by atoms with Crippen molar-refractivity contribution < 1.29 is 0 Å². The van der Waals surface area contributed by atoms with Gasteiger partial charge in [0.1, 0.15) is 11.4 Å². The zero-order valence-electron chi connectivity index (χ0n) is 8.55. The summed E-state index contributed by atoms with van der Waals surface area (Å²) in [5, 5.41) is 8.33. The Hall–Kier alpha value is -0.730. The van der Waals surface area contributed by atoms with Crippen LogP contribution in [0.3, 0.4) is 0 Å². The highest BCUT2D eigenvalue weighted by molar-refractivity contribution is 5.80. The van der Waals surface area contributed by atoms with Crippen LogP contribution < -0.4 is 0 Å². The lowest BCUT2D eigenvalue weighted by Gasteiger charge is -2.37. The van der Waals surface area contributed by atoms with E-state index in [4.69, 9.17) is 0 Å². The lowest BCUT2D eigenvalue weighted by molar-refractivity contribution is 0.207. The van der Waals surface area contributed by atoms with Gasteiger partial charge in [0.15, 0.2) is 0 Å². The Morgan fingerprint density at radius 3 is 2.25 bits per heavy atom. The van der Waals surface area contributed by atoms with Gasteiger partial charge >= 0.3 is 0 Å². The summed E-state index contributed by atoms with van der Waals surface area (Å²) in [6.07, 6.45) is 0. The molecule has 68 valence electrons. The molecule has 1 aliphatic rings. The fraction of sp³-hybridized carbons (Fsp3) is 0.889. The Kier molecular flexibility index (Phi) is 2.06. The molecule has 1 rings (SSSR count). The van der Waals surface area contributed by atoms with Crippen LogP contribution in [0, 0.1) is 5.41 Å². The van der Waals surface area contributed by atoms with E-state index >= 15 is 0 Å². The van der Waals surface area contributed by atoms with Crippen molar-refractivity contribution in [3.8, 4) is 0 Å². The van der Waals surface area contributed by atoms with Gasteiger partial charge in [-0.1, -0.05) is 20.8 Å². The minimum absolute atomic E-state index is 0.126. The molecule has 0 aliphatic carbocycles. The molecule has 1 unspecified atom stereocenters. The summed E-state index contributed by atoms with van der Waals surface area (Å²) >= 11 is 0. The van der Waals surface area contributed by atoms with E-state index in [1.165, 1.54) is 0 Å². The van der Waals surface area contributed by atoms with Crippen LogP contribution in [0.2, 0.25) is 0 Å². The normalized spacial score (nSPS) is 30.2. The SMILES string of the molecule is CC1=NCC(C)(C(C)(C)C)N=N1. The van der Waals surface area contributed by atoms with Gasteiger partial charge in [-0.05, 0) is 19.3 Å². The quantitative estimate of drug-likeness (QED) is 0.532. The number of nitrogens with zero attached hydrogens (tertiary/aromatic N) is 3. The van der Waals surface area contributed by atoms with Crippen LogP contribution in [-0.2, 0) is 0 Å². The molecular formula is C9H17N3. The Labute approximate surface area is 74.0 Å². The predicted molar refractivity (Wildman–Crippen MR) is 50.7 cm³/mol. The summed E-state index contributed by atoms with van der Waals surface area (Å²) in [5.74, 6) is 0.789. The highest BCUT2D eigenvalue weighted by atomic mass is 15.2. The number of hydrogen-bond donors (Lipinski definition) is 0. The number of aliphatic imine (C=N–C) groups is 1. The maximum Gasteiger partial charge on any atom is 0.142 e. The summed E-state index contributed by atoms with van der Waals surface area (Å²) < 4.78 is 0. The molecule has 0 saturated heterocycles. The van der Waals surface area contributed by atoms with E-state index in [-0.39, 0.29) is 11.0 Å². The van der Waals surface area contributed by atoms with Crippen molar-refractivity contribution in [1.82, 2.24) is 0 Å². The van der Waals surface area contributed by atoms with Crippen molar-refractivity contribution in [1.29, 1.82) is 0 Å². The van der Waals surface area contributed by atoms with Crippen LogP contribution >= 0.6 is 0 Å². The maximum atomic E-state index is 4.31. The van der Waals surface area contributed by atoms with Gasteiger partial charge in [-0.2, -0.15) is 5.11 Å². The molecule has 0 saturated carbocycles. The van der Waals surface area contributed by atoms with Crippen LogP contribution in [0.1, 0.15) is 34.6 Å². The average molecular weight is 167 g/mol. The molecule has 0 amide bonds. The van der Waals surface area contributed by atoms with E-state index < -0.39 is 0 Å². The highest BCUT2D eigenvalue weighted by Gasteiger charge is 2.38. The number of rotatable bonds is 0. The predicted octanol–water partition coefficient (Wildman–Crippen LogP) is 2.68. The maximum absolute atomic E-state index is 4.31. The highest BCUT2D eigenvalue weighted by Crippen LogP contribution is 2.35. The summed E-state index contributed by atoms with van der Waals surface area (Å²) in [7, 11) is 0.